The molecule has 1 spiro atoms. The first-order valence-electron chi connectivity index (χ1n) is 6.95. The molecular weight excluding hydrogens is 244 g/mol. The van der Waals surface area contributed by atoms with Gasteiger partial charge in [-0.25, -0.2) is 0 Å². The van der Waals surface area contributed by atoms with Crippen LogP contribution in [0.3, 0.4) is 0 Å². The zero-order chi connectivity index (χ0) is 12.9. The monoisotopic (exact) mass is 262 g/mol. The van der Waals surface area contributed by atoms with E-state index in [9.17, 15) is 0 Å². The molecule has 0 amide bonds. The maximum atomic E-state index is 8.85. The van der Waals surface area contributed by atoms with Crippen LogP contribution in [0.15, 0.2) is 12.1 Å². The molecule has 1 heterocycles. The summed E-state index contributed by atoms with van der Waals surface area (Å²) in [7, 11) is 0. The number of aryl methyl sites for hydroxylation is 1. The Bertz CT molecular complexity index is 507. The first kappa shape index (κ1) is 11.6. The lowest BCUT2D eigenvalue weighted by Gasteiger charge is -2.34. The van der Waals surface area contributed by atoms with Crippen LogP contribution < -0.4 is 9.47 Å². The number of hydrogen-bond donors (Lipinski definition) is 1. The van der Waals surface area contributed by atoms with Crippen molar-refractivity contribution in [3.8, 4) is 11.5 Å². The third-order valence-corrected chi connectivity index (χ3v) is 4.88. The molecule has 1 aromatic rings. The molecule has 1 atom stereocenters. The van der Waals surface area contributed by atoms with Crippen molar-refractivity contribution in [2.45, 2.75) is 31.1 Å². The molecule has 0 radical (unpaired) electrons. The van der Waals surface area contributed by atoms with E-state index in [2.05, 4.69) is 12.1 Å². The van der Waals surface area contributed by atoms with Gasteiger partial charge >= 0.3 is 0 Å². The van der Waals surface area contributed by atoms with Gasteiger partial charge < -0.3 is 19.3 Å². The van der Waals surface area contributed by atoms with Gasteiger partial charge in [-0.3, -0.25) is 0 Å². The summed E-state index contributed by atoms with van der Waals surface area (Å²) in [5.41, 5.74) is 3.10. The van der Waals surface area contributed by atoms with E-state index < -0.39 is 0 Å². The highest BCUT2D eigenvalue weighted by atomic mass is 16.7. The summed E-state index contributed by atoms with van der Waals surface area (Å²) < 4.78 is 16.2. The number of aliphatic hydroxyl groups excluding tert-OH is 1. The average molecular weight is 262 g/mol. The molecule has 19 heavy (non-hydrogen) atoms. The Morgan fingerprint density at radius 1 is 1.26 bits per heavy atom. The number of rotatable bonds is 3. The van der Waals surface area contributed by atoms with E-state index in [1.54, 1.807) is 0 Å². The van der Waals surface area contributed by atoms with Gasteiger partial charge in [0.05, 0.1) is 6.61 Å². The maximum Gasteiger partial charge on any atom is 0.231 e. The van der Waals surface area contributed by atoms with Crippen molar-refractivity contribution in [1.29, 1.82) is 0 Å². The number of aliphatic hydroxyl groups is 1. The Morgan fingerprint density at radius 3 is 2.79 bits per heavy atom. The highest BCUT2D eigenvalue weighted by molar-refractivity contribution is 5.54. The summed E-state index contributed by atoms with van der Waals surface area (Å²) in [6, 6.07) is 4.33. The molecule has 1 fully saturated rings. The molecule has 0 aromatic heterocycles. The van der Waals surface area contributed by atoms with Crippen LogP contribution in [-0.2, 0) is 16.6 Å². The number of benzene rings is 1. The van der Waals surface area contributed by atoms with E-state index in [0.717, 1.165) is 24.3 Å². The topological polar surface area (TPSA) is 47.9 Å². The maximum absolute atomic E-state index is 8.85. The number of hydrogen-bond acceptors (Lipinski definition) is 4. The molecule has 1 aliphatic heterocycles. The molecule has 0 saturated heterocycles. The van der Waals surface area contributed by atoms with Crippen molar-refractivity contribution >= 4 is 0 Å². The largest absolute Gasteiger partial charge is 0.454 e. The van der Waals surface area contributed by atoms with Gasteiger partial charge in [-0.05, 0) is 54.9 Å². The predicted octanol–water partition coefficient (Wildman–Crippen LogP) is 1.98. The summed E-state index contributed by atoms with van der Waals surface area (Å²) in [5.74, 6) is 2.29. The van der Waals surface area contributed by atoms with Gasteiger partial charge in [0.25, 0.3) is 0 Å². The predicted molar refractivity (Wildman–Crippen MR) is 68.3 cm³/mol. The average Bonchev–Trinajstić information content (AvgIpc) is 3.08. The van der Waals surface area contributed by atoms with Crippen molar-refractivity contribution in [1.82, 2.24) is 0 Å². The molecule has 102 valence electrons. The Balaban J connectivity index is 1.70. The molecule has 2 aliphatic carbocycles. The summed E-state index contributed by atoms with van der Waals surface area (Å²) in [4.78, 5) is 0. The minimum Gasteiger partial charge on any atom is -0.454 e. The molecule has 3 aliphatic rings. The third-order valence-electron chi connectivity index (χ3n) is 4.88. The lowest BCUT2D eigenvalue weighted by atomic mass is 9.72. The Hall–Kier alpha value is -1.26. The van der Waals surface area contributed by atoms with Crippen LogP contribution in [0.1, 0.15) is 30.4 Å². The quantitative estimate of drug-likeness (QED) is 0.846. The molecule has 4 rings (SSSR count). The molecule has 4 nitrogen and oxygen atoms in total. The van der Waals surface area contributed by atoms with Crippen LogP contribution in [0.25, 0.3) is 0 Å². The van der Waals surface area contributed by atoms with Gasteiger partial charge in [0.2, 0.25) is 6.79 Å². The van der Waals surface area contributed by atoms with Gasteiger partial charge in [-0.1, -0.05) is 0 Å². The molecular formula is C15H18O4. The minimum absolute atomic E-state index is 0.180. The first-order chi connectivity index (χ1) is 9.33. The molecule has 4 heteroatoms. The summed E-state index contributed by atoms with van der Waals surface area (Å²) >= 11 is 0. The van der Waals surface area contributed by atoms with E-state index in [-0.39, 0.29) is 12.2 Å². The van der Waals surface area contributed by atoms with E-state index >= 15 is 0 Å². The second-order valence-corrected chi connectivity index (χ2v) is 5.75. The van der Waals surface area contributed by atoms with Crippen LogP contribution in [0.2, 0.25) is 0 Å². The van der Waals surface area contributed by atoms with Crippen LogP contribution in [-0.4, -0.2) is 25.3 Å². The van der Waals surface area contributed by atoms with Gasteiger partial charge in [-0.15, -0.1) is 0 Å². The van der Waals surface area contributed by atoms with E-state index in [0.29, 0.717) is 19.3 Å². The fraction of sp³-hybridized carbons (Fsp3) is 0.600. The standard InChI is InChI=1S/C15H18O4/c16-8-17-7-11-2-1-10-5-13-14(19-9-18-13)6-12(10)15(11)3-4-15/h5-6,11,16H,1-4,7-9H2/t11-/m1/s1. The smallest absolute Gasteiger partial charge is 0.231 e. The van der Waals surface area contributed by atoms with Gasteiger partial charge in [-0.2, -0.15) is 0 Å². The fourth-order valence-electron chi connectivity index (χ4n) is 3.73. The van der Waals surface area contributed by atoms with Crippen molar-refractivity contribution < 1.29 is 19.3 Å². The lowest BCUT2D eigenvalue weighted by Crippen LogP contribution is -2.31. The second-order valence-electron chi connectivity index (χ2n) is 5.75. The van der Waals surface area contributed by atoms with Gasteiger partial charge in [0.1, 0.15) is 6.79 Å². The highest BCUT2D eigenvalue weighted by Crippen LogP contribution is 2.60. The second kappa shape index (κ2) is 4.12. The van der Waals surface area contributed by atoms with Gasteiger partial charge in [0.15, 0.2) is 11.5 Å². The Morgan fingerprint density at radius 2 is 2.05 bits per heavy atom. The van der Waals surface area contributed by atoms with Crippen LogP contribution >= 0.6 is 0 Å². The lowest BCUT2D eigenvalue weighted by molar-refractivity contribution is -0.0255. The Kier molecular flexibility index (Phi) is 2.50. The van der Waals surface area contributed by atoms with Crippen molar-refractivity contribution in [3.05, 3.63) is 23.3 Å². The summed E-state index contributed by atoms with van der Waals surface area (Å²) in [6.45, 7) is 0.813. The van der Waals surface area contributed by atoms with Crippen LogP contribution in [0, 0.1) is 5.92 Å². The first-order valence-corrected chi connectivity index (χ1v) is 6.95. The van der Waals surface area contributed by atoms with Gasteiger partial charge in [0, 0.05) is 5.41 Å². The van der Waals surface area contributed by atoms with E-state index in [1.807, 2.05) is 0 Å². The van der Waals surface area contributed by atoms with Crippen LogP contribution in [0.4, 0.5) is 0 Å². The van der Waals surface area contributed by atoms with E-state index in [4.69, 9.17) is 19.3 Å². The molecule has 1 saturated carbocycles. The SMILES string of the molecule is OCOC[C@H]1CCc2cc3c(cc2C12CC2)OCO3. The number of fused-ring (bicyclic) bond motifs is 3. The molecule has 1 N–H and O–H groups in total. The van der Waals surface area contributed by atoms with Crippen molar-refractivity contribution in [3.63, 3.8) is 0 Å². The normalized spacial score (nSPS) is 25.4. The summed E-state index contributed by atoms with van der Waals surface area (Å²) in [6.07, 6.45) is 4.64. The molecule has 0 unspecified atom stereocenters. The molecule has 0 bridgehead atoms. The zero-order valence-electron chi connectivity index (χ0n) is 10.9. The van der Waals surface area contributed by atoms with Crippen molar-refractivity contribution in [2.75, 3.05) is 20.2 Å². The van der Waals surface area contributed by atoms with Crippen LogP contribution in [0.5, 0.6) is 11.5 Å². The van der Waals surface area contributed by atoms with E-state index in [1.165, 1.54) is 24.0 Å². The Labute approximate surface area is 112 Å². The van der Waals surface area contributed by atoms with Crippen molar-refractivity contribution in [2.24, 2.45) is 5.92 Å². The fourth-order valence-corrected chi connectivity index (χ4v) is 3.73. The highest BCUT2D eigenvalue weighted by Gasteiger charge is 2.53. The molecule has 1 aromatic carbocycles. The number of ether oxygens (including phenoxy) is 3. The zero-order valence-corrected chi connectivity index (χ0v) is 10.9. The summed E-state index contributed by atoms with van der Waals surface area (Å²) in [5, 5.41) is 8.85. The minimum atomic E-state index is -0.180. The third kappa shape index (κ3) is 1.66.